The van der Waals surface area contributed by atoms with E-state index in [2.05, 4.69) is 5.48 Å². The van der Waals surface area contributed by atoms with Crippen molar-refractivity contribution < 1.29 is 28.7 Å². The van der Waals surface area contributed by atoms with Gasteiger partial charge in [0.15, 0.2) is 6.29 Å². The van der Waals surface area contributed by atoms with Crippen molar-refractivity contribution in [2.45, 2.75) is 103 Å². The first kappa shape index (κ1) is 23.6. The highest BCUT2D eigenvalue weighted by atomic mass is 16.8. The van der Waals surface area contributed by atoms with Crippen LogP contribution in [0.1, 0.15) is 90.4 Å². The summed E-state index contributed by atoms with van der Waals surface area (Å²) in [6.07, 6.45) is 10.3. The first-order valence-corrected chi connectivity index (χ1v) is 10.3. The highest BCUT2D eigenvalue weighted by Crippen LogP contribution is 2.13. The summed E-state index contributed by atoms with van der Waals surface area (Å²) >= 11 is 0. The zero-order valence-electron chi connectivity index (χ0n) is 16.6. The normalized spacial score (nSPS) is 17.9. The fourth-order valence-electron chi connectivity index (χ4n) is 2.99. The molecule has 1 fully saturated rings. The van der Waals surface area contributed by atoms with E-state index in [1.807, 2.05) is 6.92 Å². The zero-order valence-corrected chi connectivity index (χ0v) is 16.6. The second kappa shape index (κ2) is 15.6. The Morgan fingerprint density at radius 1 is 1.07 bits per heavy atom. The minimum atomic E-state index is -0.311. The number of rotatable bonds is 16. The third-order valence-electron chi connectivity index (χ3n) is 4.66. The van der Waals surface area contributed by atoms with E-state index in [-0.39, 0.29) is 24.1 Å². The van der Waals surface area contributed by atoms with Gasteiger partial charge < -0.3 is 9.47 Å². The lowest BCUT2D eigenvalue weighted by atomic mass is 10.0. The highest BCUT2D eigenvalue weighted by molar-refractivity contribution is 5.78. The number of ketones is 1. The quantitative estimate of drug-likeness (QED) is 0.248. The summed E-state index contributed by atoms with van der Waals surface area (Å²) < 4.78 is 10.2. The van der Waals surface area contributed by atoms with E-state index in [0.717, 1.165) is 64.2 Å². The molecule has 2 atom stereocenters. The Balaban J connectivity index is 1.87. The van der Waals surface area contributed by atoms with Crippen LogP contribution in [0, 0.1) is 0 Å². The van der Waals surface area contributed by atoms with Crippen LogP contribution in [-0.4, -0.2) is 37.2 Å². The van der Waals surface area contributed by atoms with Crippen LogP contribution in [0.3, 0.4) is 0 Å². The molecule has 1 aliphatic rings. The van der Waals surface area contributed by atoms with Crippen LogP contribution < -0.4 is 5.48 Å². The van der Waals surface area contributed by atoms with Gasteiger partial charge >= 0.3 is 0 Å². The maximum Gasteiger partial charge on any atom is 0.293 e. The number of nitrogens with one attached hydrogen (secondary N) is 1. The van der Waals surface area contributed by atoms with E-state index in [1.165, 1.54) is 0 Å². The number of carbonyl (C=O) groups excluding carboxylic acids is 3. The van der Waals surface area contributed by atoms with Gasteiger partial charge in [-0.1, -0.05) is 12.8 Å². The van der Waals surface area contributed by atoms with E-state index in [0.29, 0.717) is 32.3 Å². The summed E-state index contributed by atoms with van der Waals surface area (Å²) in [5.41, 5.74) is 2.46. The van der Waals surface area contributed by atoms with E-state index in [4.69, 9.17) is 14.3 Å². The largest absolute Gasteiger partial charge is 0.465 e. The molecule has 7 nitrogen and oxygen atoms in total. The number of Topliss-reactive ketones (excluding diaryl/α,β-unsaturated/α-hetero) is 1. The van der Waals surface area contributed by atoms with Gasteiger partial charge in [0.2, 0.25) is 5.91 Å². The lowest BCUT2D eigenvalue weighted by Gasteiger charge is -2.22. The topological polar surface area (TPSA) is 90.9 Å². The number of hydrogen-bond acceptors (Lipinski definition) is 6. The number of hydroxylamine groups is 1. The minimum absolute atomic E-state index is 0.0737. The van der Waals surface area contributed by atoms with Crippen molar-refractivity contribution in [3.05, 3.63) is 0 Å². The van der Waals surface area contributed by atoms with Gasteiger partial charge in [0.1, 0.15) is 5.78 Å². The number of hydrogen-bond donors (Lipinski definition) is 1. The molecule has 0 saturated carbocycles. The summed E-state index contributed by atoms with van der Waals surface area (Å²) in [6.45, 7) is 3.01. The molecule has 1 saturated heterocycles. The van der Waals surface area contributed by atoms with E-state index in [1.54, 1.807) is 0 Å². The second-order valence-electron chi connectivity index (χ2n) is 7.18. The Morgan fingerprint density at radius 2 is 1.78 bits per heavy atom. The average Bonchev–Trinajstić information content (AvgIpc) is 2.67. The van der Waals surface area contributed by atoms with Gasteiger partial charge in [0.05, 0.1) is 6.10 Å². The van der Waals surface area contributed by atoms with E-state index >= 15 is 0 Å². The number of amides is 1. The molecular weight excluding hydrogens is 350 g/mol. The molecule has 0 bridgehead atoms. The molecule has 0 aromatic carbocycles. The standard InChI is InChI=1S/C20H35NO6/c1-17(26-16-22)10-6-7-12-18(23)11-4-2-3-5-13-19(24)21-27-20-14-8-9-15-25-20/h16-17,20H,2-15H2,1H3,(H,21,24)/t17-,20?/m1/s1. The molecular formula is C20H35NO6. The van der Waals surface area contributed by atoms with Crippen LogP contribution in [0.4, 0.5) is 0 Å². The van der Waals surface area contributed by atoms with Gasteiger partial charge in [-0.15, -0.1) is 0 Å². The van der Waals surface area contributed by atoms with Crippen molar-refractivity contribution in [2.75, 3.05) is 6.61 Å². The fraction of sp³-hybridized carbons (Fsp3) is 0.850. The van der Waals surface area contributed by atoms with Crippen LogP contribution in [0.5, 0.6) is 0 Å². The number of ether oxygens (including phenoxy) is 2. The van der Waals surface area contributed by atoms with Gasteiger partial charge in [0.25, 0.3) is 6.47 Å². The maximum atomic E-state index is 11.8. The third kappa shape index (κ3) is 13.4. The van der Waals surface area contributed by atoms with Crippen molar-refractivity contribution >= 4 is 18.2 Å². The van der Waals surface area contributed by atoms with Crippen LogP contribution in [-0.2, 0) is 28.7 Å². The molecule has 1 amide bonds. The lowest BCUT2D eigenvalue weighted by Crippen LogP contribution is -2.32. The van der Waals surface area contributed by atoms with Crippen LogP contribution in [0.2, 0.25) is 0 Å². The van der Waals surface area contributed by atoms with Crippen molar-refractivity contribution in [1.29, 1.82) is 0 Å². The monoisotopic (exact) mass is 385 g/mol. The maximum absolute atomic E-state index is 11.8. The zero-order chi connectivity index (χ0) is 19.7. The second-order valence-corrected chi connectivity index (χ2v) is 7.18. The molecule has 1 N–H and O–H groups in total. The van der Waals surface area contributed by atoms with Gasteiger partial charge in [-0.25, -0.2) is 10.3 Å². The predicted molar refractivity (Wildman–Crippen MR) is 101 cm³/mol. The van der Waals surface area contributed by atoms with Gasteiger partial charge in [-0.05, 0) is 51.9 Å². The molecule has 0 aliphatic carbocycles. The Labute approximate surface area is 162 Å². The SMILES string of the molecule is C[C@H](CCCCC(=O)CCCCCCC(=O)NOC1CCCCO1)OC=O. The Morgan fingerprint density at radius 3 is 2.44 bits per heavy atom. The summed E-state index contributed by atoms with van der Waals surface area (Å²) in [5, 5.41) is 0. The first-order valence-electron chi connectivity index (χ1n) is 10.3. The fourth-order valence-corrected chi connectivity index (χ4v) is 2.99. The number of carbonyl (C=O) groups is 3. The Hall–Kier alpha value is -1.47. The number of unbranched alkanes of at least 4 members (excludes halogenated alkanes) is 4. The smallest absolute Gasteiger partial charge is 0.293 e. The molecule has 156 valence electrons. The van der Waals surface area contributed by atoms with E-state index in [9.17, 15) is 14.4 Å². The molecule has 1 aliphatic heterocycles. The molecule has 7 heteroatoms. The van der Waals surface area contributed by atoms with Crippen LogP contribution in [0.15, 0.2) is 0 Å². The van der Waals surface area contributed by atoms with E-state index < -0.39 is 0 Å². The molecule has 1 rings (SSSR count). The summed E-state index contributed by atoms with van der Waals surface area (Å²) in [7, 11) is 0. The van der Waals surface area contributed by atoms with Crippen molar-refractivity contribution in [3.63, 3.8) is 0 Å². The minimum Gasteiger partial charge on any atom is -0.465 e. The molecule has 0 radical (unpaired) electrons. The summed E-state index contributed by atoms with van der Waals surface area (Å²) in [6, 6.07) is 0. The Bertz CT molecular complexity index is 423. The van der Waals surface area contributed by atoms with Gasteiger partial charge in [-0.3, -0.25) is 14.4 Å². The average molecular weight is 386 g/mol. The summed E-state index contributed by atoms with van der Waals surface area (Å²) in [4.78, 5) is 38.9. The van der Waals surface area contributed by atoms with Crippen molar-refractivity contribution in [2.24, 2.45) is 0 Å². The Kier molecular flexibility index (Phi) is 13.6. The molecule has 1 unspecified atom stereocenters. The molecule has 0 spiro atoms. The summed E-state index contributed by atoms with van der Waals surface area (Å²) in [5.74, 6) is 0.172. The van der Waals surface area contributed by atoms with Crippen LogP contribution >= 0.6 is 0 Å². The predicted octanol–water partition coefficient (Wildman–Crippen LogP) is 3.59. The van der Waals surface area contributed by atoms with Crippen molar-refractivity contribution in [1.82, 2.24) is 5.48 Å². The molecule has 0 aromatic heterocycles. The van der Waals surface area contributed by atoms with Gasteiger partial charge in [-0.2, -0.15) is 0 Å². The lowest BCUT2D eigenvalue weighted by molar-refractivity contribution is -0.200. The van der Waals surface area contributed by atoms with Crippen molar-refractivity contribution in [3.8, 4) is 0 Å². The highest BCUT2D eigenvalue weighted by Gasteiger charge is 2.15. The molecule has 1 heterocycles. The van der Waals surface area contributed by atoms with Crippen LogP contribution in [0.25, 0.3) is 0 Å². The molecule has 27 heavy (non-hydrogen) atoms. The third-order valence-corrected chi connectivity index (χ3v) is 4.66. The first-order chi connectivity index (χ1) is 13.1. The van der Waals surface area contributed by atoms with Gasteiger partial charge in [0, 0.05) is 32.3 Å². The molecule has 0 aromatic rings.